The van der Waals surface area contributed by atoms with E-state index in [4.69, 9.17) is 10.5 Å². The van der Waals surface area contributed by atoms with Crippen LogP contribution in [-0.4, -0.2) is 32.3 Å². The Kier molecular flexibility index (Phi) is 4.74. The van der Waals surface area contributed by atoms with Gasteiger partial charge in [0.05, 0.1) is 24.1 Å². The van der Waals surface area contributed by atoms with Gasteiger partial charge in [-0.1, -0.05) is 23.2 Å². The van der Waals surface area contributed by atoms with E-state index in [2.05, 4.69) is 26.8 Å². The van der Waals surface area contributed by atoms with E-state index in [0.717, 1.165) is 11.3 Å². The highest BCUT2D eigenvalue weighted by Crippen LogP contribution is 2.23. The van der Waals surface area contributed by atoms with Crippen LogP contribution in [0.3, 0.4) is 0 Å². The third kappa shape index (κ3) is 3.69. The maximum Gasteiger partial charge on any atom is 0.263 e. The summed E-state index contributed by atoms with van der Waals surface area (Å²) in [5, 5.41) is 7.41. The number of methoxy groups -OCH3 is 1. The second-order valence-electron chi connectivity index (χ2n) is 3.72. The van der Waals surface area contributed by atoms with Crippen LogP contribution in [0.4, 0.5) is 5.13 Å². The summed E-state index contributed by atoms with van der Waals surface area (Å²) in [5.74, 6) is 5.92. The highest BCUT2D eigenvalue weighted by atomic mass is 32.2. The van der Waals surface area contributed by atoms with Crippen molar-refractivity contribution in [1.29, 1.82) is 0 Å². The number of benzene rings is 1. The fraction of sp³-hybridized carbons (Fsp3) is 0.167. The molecule has 110 valence electrons. The molecule has 2 rings (SSSR count). The van der Waals surface area contributed by atoms with Gasteiger partial charge < -0.3 is 10.5 Å². The predicted molar refractivity (Wildman–Crippen MR) is 79.6 cm³/mol. The van der Waals surface area contributed by atoms with Gasteiger partial charge in [-0.2, -0.15) is 0 Å². The zero-order valence-corrected chi connectivity index (χ0v) is 12.7. The first-order valence-electron chi connectivity index (χ1n) is 5.73. The van der Waals surface area contributed by atoms with E-state index in [-0.39, 0.29) is 16.6 Å². The zero-order valence-electron chi connectivity index (χ0n) is 11.0. The summed E-state index contributed by atoms with van der Waals surface area (Å²) in [5.41, 5.74) is 7.21. The number of aromatic nitrogens is 2. The molecular formula is C12H12N4O3S2. The van der Waals surface area contributed by atoms with E-state index in [1.54, 1.807) is 0 Å². The lowest BCUT2D eigenvalue weighted by molar-refractivity contribution is 0.413. The summed E-state index contributed by atoms with van der Waals surface area (Å²) in [6.45, 7) is 0.170. The van der Waals surface area contributed by atoms with Gasteiger partial charge in [-0.25, -0.2) is 8.42 Å². The number of sulfonamides is 1. The summed E-state index contributed by atoms with van der Waals surface area (Å²) in [4.78, 5) is 0.0554. The third-order valence-corrected chi connectivity index (χ3v) is 4.46. The third-order valence-electron chi connectivity index (χ3n) is 2.39. The molecule has 0 radical (unpaired) electrons. The number of nitrogens with two attached hydrogens (primary N) is 1. The Balaban J connectivity index is 2.39. The van der Waals surface area contributed by atoms with Gasteiger partial charge in [0.2, 0.25) is 5.13 Å². The fourth-order valence-corrected chi connectivity index (χ4v) is 3.21. The Bertz CT molecular complexity index is 777. The lowest BCUT2D eigenvalue weighted by Gasteiger charge is -2.08. The summed E-state index contributed by atoms with van der Waals surface area (Å²) < 4.78 is 32.0. The molecule has 0 unspecified atom stereocenters. The van der Waals surface area contributed by atoms with Gasteiger partial charge in [-0.15, -0.1) is 10.2 Å². The molecule has 0 amide bonds. The SMILES string of the molecule is COc1ccc(S(=O)(=O)Nc2nncs2)cc1C#CCN. The van der Waals surface area contributed by atoms with Gasteiger partial charge in [0, 0.05) is 0 Å². The van der Waals surface area contributed by atoms with E-state index in [9.17, 15) is 8.42 Å². The Morgan fingerprint density at radius 3 is 2.90 bits per heavy atom. The number of nitrogens with zero attached hydrogens (tertiary/aromatic N) is 2. The molecule has 0 bridgehead atoms. The average Bonchev–Trinajstić information content (AvgIpc) is 2.96. The molecule has 0 saturated heterocycles. The van der Waals surface area contributed by atoms with Crippen molar-refractivity contribution in [2.45, 2.75) is 4.90 Å². The van der Waals surface area contributed by atoms with Crippen molar-refractivity contribution in [3.8, 4) is 17.6 Å². The van der Waals surface area contributed by atoms with E-state index in [1.807, 2.05) is 0 Å². The number of anilines is 1. The van der Waals surface area contributed by atoms with E-state index < -0.39 is 10.0 Å². The topological polar surface area (TPSA) is 107 Å². The van der Waals surface area contributed by atoms with Crippen LogP contribution in [0, 0.1) is 11.8 Å². The molecule has 7 nitrogen and oxygen atoms in total. The molecule has 2 aromatic rings. The minimum absolute atomic E-state index is 0.0554. The van der Waals surface area contributed by atoms with Crippen molar-refractivity contribution < 1.29 is 13.2 Å². The molecule has 0 atom stereocenters. The molecule has 1 heterocycles. The Morgan fingerprint density at radius 1 is 1.48 bits per heavy atom. The van der Waals surface area contributed by atoms with Gasteiger partial charge in [0.25, 0.3) is 10.0 Å². The van der Waals surface area contributed by atoms with Crippen molar-refractivity contribution in [3.05, 3.63) is 29.3 Å². The summed E-state index contributed by atoms with van der Waals surface area (Å²) in [6, 6.07) is 4.38. The van der Waals surface area contributed by atoms with Crippen LogP contribution in [0.5, 0.6) is 5.75 Å². The predicted octanol–water partition coefficient (Wildman–Crippen LogP) is 0.658. The normalized spacial score (nSPS) is 10.6. The zero-order chi connectivity index (χ0) is 15.3. The van der Waals surface area contributed by atoms with Gasteiger partial charge in [0.1, 0.15) is 11.3 Å². The fourth-order valence-electron chi connectivity index (χ4n) is 1.49. The molecule has 1 aromatic carbocycles. The number of nitrogens with one attached hydrogen (secondary N) is 1. The van der Waals surface area contributed by atoms with Crippen LogP contribution in [0.2, 0.25) is 0 Å². The van der Waals surface area contributed by atoms with Crippen LogP contribution in [0.15, 0.2) is 28.6 Å². The second-order valence-corrected chi connectivity index (χ2v) is 6.23. The van der Waals surface area contributed by atoms with E-state index in [1.165, 1.54) is 30.8 Å². The quantitative estimate of drug-likeness (QED) is 0.800. The first-order chi connectivity index (χ1) is 10.1. The summed E-state index contributed by atoms with van der Waals surface area (Å²) >= 11 is 1.09. The summed E-state index contributed by atoms with van der Waals surface area (Å²) in [7, 11) is -2.27. The van der Waals surface area contributed by atoms with Crippen LogP contribution in [-0.2, 0) is 10.0 Å². The molecule has 9 heteroatoms. The van der Waals surface area contributed by atoms with Gasteiger partial charge in [0.15, 0.2) is 0 Å². The Labute approximate surface area is 126 Å². The lowest BCUT2D eigenvalue weighted by atomic mass is 10.2. The molecule has 0 aliphatic heterocycles. The van der Waals surface area contributed by atoms with Crippen LogP contribution in [0.25, 0.3) is 0 Å². The molecule has 0 spiro atoms. The second kappa shape index (κ2) is 6.53. The van der Waals surface area contributed by atoms with Crippen molar-refractivity contribution in [2.24, 2.45) is 5.73 Å². The number of hydrogen-bond donors (Lipinski definition) is 2. The molecular weight excluding hydrogens is 312 g/mol. The highest BCUT2D eigenvalue weighted by Gasteiger charge is 2.17. The van der Waals surface area contributed by atoms with Crippen LogP contribution in [0.1, 0.15) is 5.56 Å². The smallest absolute Gasteiger partial charge is 0.263 e. The van der Waals surface area contributed by atoms with Crippen molar-refractivity contribution in [3.63, 3.8) is 0 Å². The Morgan fingerprint density at radius 2 is 2.29 bits per heavy atom. The average molecular weight is 324 g/mol. The van der Waals surface area contributed by atoms with E-state index >= 15 is 0 Å². The standard InChI is InChI=1S/C12H12N4O3S2/c1-19-11-5-4-10(7-9(11)3-2-6-13)21(17,18)16-12-15-14-8-20-12/h4-5,7-8H,6,13H2,1H3,(H,15,16). The molecule has 0 fully saturated rings. The van der Waals surface area contributed by atoms with Crippen LogP contribution < -0.4 is 15.2 Å². The largest absolute Gasteiger partial charge is 0.495 e. The van der Waals surface area contributed by atoms with Gasteiger partial charge in [-0.3, -0.25) is 4.72 Å². The van der Waals surface area contributed by atoms with Gasteiger partial charge in [-0.05, 0) is 18.2 Å². The molecule has 0 aliphatic rings. The number of ether oxygens (including phenoxy) is 1. The number of rotatable bonds is 4. The highest BCUT2D eigenvalue weighted by molar-refractivity contribution is 7.93. The molecule has 0 aliphatic carbocycles. The molecule has 1 aromatic heterocycles. The first kappa shape index (κ1) is 15.2. The number of hydrogen-bond acceptors (Lipinski definition) is 7. The molecule has 0 saturated carbocycles. The van der Waals surface area contributed by atoms with E-state index in [0.29, 0.717) is 11.3 Å². The van der Waals surface area contributed by atoms with Crippen molar-refractivity contribution in [1.82, 2.24) is 10.2 Å². The lowest BCUT2D eigenvalue weighted by Crippen LogP contribution is -2.13. The minimum Gasteiger partial charge on any atom is -0.495 e. The minimum atomic E-state index is -3.75. The first-order valence-corrected chi connectivity index (χ1v) is 8.09. The molecule has 3 N–H and O–H groups in total. The van der Waals surface area contributed by atoms with Crippen LogP contribution >= 0.6 is 11.3 Å². The van der Waals surface area contributed by atoms with Gasteiger partial charge >= 0.3 is 0 Å². The maximum atomic E-state index is 12.2. The van der Waals surface area contributed by atoms with Crippen molar-refractivity contribution in [2.75, 3.05) is 18.4 Å². The Hall–Kier alpha value is -2.15. The summed E-state index contributed by atoms with van der Waals surface area (Å²) in [6.07, 6.45) is 0. The maximum absolute atomic E-state index is 12.2. The van der Waals surface area contributed by atoms with Crippen molar-refractivity contribution >= 4 is 26.5 Å². The monoisotopic (exact) mass is 324 g/mol. The molecule has 21 heavy (non-hydrogen) atoms.